The summed E-state index contributed by atoms with van der Waals surface area (Å²) in [4.78, 5) is 34.2. The van der Waals surface area contributed by atoms with Crippen molar-refractivity contribution >= 4 is 38.7 Å². The summed E-state index contributed by atoms with van der Waals surface area (Å²) >= 11 is 0. The number of carboxylic acid groups (broad SMARTS) is 1. The Bertz CT molecular complexity index is 1180. The van der Waals surface area contributed by atoms with Crippen LogP contribution in [0.3, 0.4) is 0 Å². The molecule has 4 rings (SSSR count). The van der Waals surface area contributed by atoms with Gasteiger partial charge in [0.05, 0.1) is 17.4 Å². The number of hydrogen-bond acceptors (Lipinski definition) is 6. The van der Waals surface area contributed by atoms with Crippen LogP contribution in [0, 0.1) is 11.8 Å². The molecule has 2 atom stereocenters. The molecule has 0 aliphatic heterocycles. The third-order valence-electron chi connectivity index (χ3n) is 6.07. The number of benzene rings is 2. The standard InChI is InChI=1S/C14H23N3O4.C10H8O3S/c1-7(16-14(21)10(15)6-11(18)19)13(20)17-12(8-2-3-8)9-4-5-9;11-14(12,13)10-6-5-8-3-1-2-4-9(8)7-10/h7-10,12H,2-6,15H2,1H3,(H,16,21)(H,17,20)(H,18,19);1-7H,(H,11,12,13)/t7-,10+;/m1./s1. The lowest BCUT2D eigenvalue weighted by Crippen LogP contribution is -2.53. The predicted molar refractivity (Wildman–Crippen MR) is 129 cm³/mol. The quantitative estimate of drug-likeness (QED) is 0.320. The van der Waals surface area contributed by atoms with E-state index in [4.69, 9.17) is 15.4 Å². The first-order valence-electron chi connectivity index (χ1n) is 11.5. The number of carbonyl (C=O) groups excluding carboxylic acids is 2. The van der Waals surface area contributed by atoms with Crippen LogP contribution in [0.4, 0.5) is 0 Å². The highest BCUT2D eigenvalue weighted by Crippen LogP contribution is 2.44. The highest BCUT2D eigenvalue weighted by atomic mass is 32.2. The summed E-state index contributed by atoms with van der Waals surface area (Å²) in [6, 6.07) is 10.2. The number of carbonyl (C=O) groups is 3. The molecule has 2 amide bonds. The lowest BCUT2D eigenvalue weighted by Gasteiger charge is -2.22. The van der Waals surface area contributed by atoms with Crippen molar-refractivity contribution in [3.63, 3.8) is 0 Å². The third-order valence-corrected chi connectivity index (χ3v) is 6.92. The lowest BCUT2D eigenvalue weighted by molar-refractivity contribution is -0.139. The van der Waals surface area contributed by atoms with Crippen molar-refractivity contribution in [3.05, 3.63) is 42.5 Å². The van der Waals surface area contributed by atoms with E-state index in [0.29, 0.717) is 11.8 Å². The summed E-state index contributed by atoms with van der Waals surface area (Å²) in [5, 5.41) is 15.8. The van der Waals surface area contributed by atoms with Crippen LogP contribution in [0.25, 0.3) is 10.8 Å². The van der Waals surface area contributed by atoms with Crippen molar-refractivity contribution in [2.24, 2.45) is 17.6 Å². The summed E-state index contributed by atoms with van der Waals surface area (Å²) in [6.45, 7) is 1.58. The number of rotatable bonds is 9. The molecule has 190 valence electrons. The van der Waals surface area contributed by atoms with Crippen molar-refractivity contribution in [1.29, 1.82) is 0 Å². The molecule has 2 fully saturated rings. The summed E-state index contributed by atoms with van der Waals surface area (Å²) in [7, 11) is -4.09. The zero-order chi connectivity index (χ0) is 25.8. The summed E-state index contributed by atoms with van der Waals surface area (Å²) < 4.78 is 30.5. The summed E-state index contributed by atoms with van der Waals surface area (Å²) in [5.41, 5.74) is 5.46. The number of hydrogen-bond donors (Lipinski definition) is 5. The van der Waals surface area contributed by atoms with Crippen LogP contribution in [0.5, 0.6) is 0 Å². The molecule has 0 bridgehead atoms. The van der Waals surface area contributed by atoms with Gasteiger partial charge in [-0.1, -0.05) is 30.3 Å². The maximum absolute atomic E-state index is 12.1. The molecule has 11 heteroatoms. The van der Waals surface area contributed by atoms with Gasteiger partial charge in [-0.25, -0.2) is 0 Å². The molecule has 0 aromatic heterocycles. The van der Waals surface area contributed by atoms with Gasteiger partial charge in [0.25, 0.3) is 10.1 Å². The lowest BCUT2D eigenvalue weighted by atomic mass is 10.1. The number of aliphatic carboxylic acids is 1. The highest BCUT2D eigenvalue weighted by molar-refractivity contribution is 7.85. The maximum Gasteiger partial charge on any atom is 0.305 e. The second kappa shape index (κ2) is 11.1. The first-order valence-corrected chi connectivity index (χ1v) is 12.9. The molecule has 10 nitrogen and oxygen atoms in total. The van der Waals surface area contributed by atoms with Gasteiger partial charge in [0.2, 0.25) is 11.8 Å². The topological polar surface area (TPSA) is 176 Å². The average molecular weight is 506 g/mol. The number of amides is 2. The van der Waals surface area contributed by atoms with Gasteiger partial charge in [0, 0.05) is 6.04 Å². The monoisotopic (exact) mass is 505 g/mol. The minimum Gasteiger partial charge on any atom is -0.481 e. The zero-order valence-corrected chi connectivity index (χ0v) is 20.2. The molecule has 35 heavy (non-hydrogen) atoms. The Morgan fingerprint density at radius 1 is 0.971 bits per heavy atom. The van der Waals surface area contributed by atoms with Crippen LogP contribution >= 0.6 is 0 Å². The number of nitrogens with one attached hydrogen (secondary N) is 2. The average Bonchev–Trinajstić information content (AvgIpc) is 3.70. The molecule has 0 radical (unpaired) electrons. The van der Waals surface area contributed by atoms with E-state index in [9.17, 15) is 22.8 Å². The Morgan fingerprint density at radius 3 is 2.06 bits per heavy atom. The van der Waals surface area contributed by atoms with Gasteiger partial charge < -0.3 is 21.5 Å². The highest BCUT2D eigenvalue weighted by Gasteiger charge is 2.42. The molecular formula is C24H31N3O7S. The predicted octanol–water partition coefficient (Wildman–Crippen LogP) is 1.68. The van der Waals surface area contributed by atoms with Crippen molar-refractivity contribution < 1.29 is 32.5 Å². The van der Waals surface area contributed by atoms with E-state index in [-0.39, 0.29) is 16.8 Å². The third kappa shape index (κ3) is 8.01. The number of carboxylic acids is 1. The van der Waals surface area contributed by atoms with Crippen molar-refractivity contribution in [2.75, 3.05) is 0 Å². The molecule has 0 unspecified atom stereocenters. The maximum atomic E-state index is 12.1. The zero-order valence-electron chi connectivity index (χ0n) is 19.4. The first kappa shape index (κ1) is 26.6. The van der Waals surface area contributed by atoms with E-state index in [0.717, 1.165) is 36.5 Å². The Labute approximate surface area is 204 Å². The van der Waals surface area contributed by atoms with E-state index < -0.39 is 40.5 Å². The van der Waals surface area contributed by atoms with Crippen LogP contribution in [-0.2, 0) is 24.5 Å². The summed E-state index contributed by atoms with van der Waals surface area (Å²) in [5.74, 6) is -0.821. The van der Waals surface area contributed by atoms with Gasteiger partial charge in [0.15, 0.2) is 0 Å². The second-order valence-electron chi connectivity index (χ2n) is 9.13. The van der Waals surface area contributed by atoms with Crippen LogP contribution < -0.4 is 16.4 Å². The fourth-order valence-corrected chi connectivity index (χ4v) is 4.33. The van der Waals surface area contributed by atoms with Gasteiger partial charge >= 0.3 is 5.97 Å². The molecule has 2 aliphatic carbocycles. The molecule has 6 N–H and O–H groups in total. The number of fused-ring (bicyclic) bond motifs is 1. The van der Waals surface area contributed by atoms with E-state index in [1.54, 1.807) is 19.1 Å². The SMILES string of the molecule is C[C@@H](NC(=O)[C@@H](N)CC(=O)O)C(=O)NC(C1CC1)C1CC1.O=S(=O)(O)c1ccc2ccccc2c1. The first-order chi connectivity index (χ1) is 16.5. The van der Waals surface area contributed by atoms with Gasteiger partial charge in [-0.2, -0.15) is 8.42 Å². The molecule has 0 heterocycles. The van der Waals surface area contributed by atoms with Crippen LogP contribution in [-0.4, -0.2) is 54.0 Å². The van der Waals surface area contributed by atoms with Gasteiger partial charge in [-0.3, -0.25) is 18.9 Å². The molecule has 2 aliphatic rings. The van der Waals surface area contributed by atoms with Gasteiger partial charge in [-0.15, -0.1) is 0 Å². The van der Waals surface area contributed by atoms with E-state index in [1.807, 2.05) is 18.2 Å². The van der Waals surface area contributed by atoms with Crippen LogP contribution in [0.1, 0.15) is 39.0 Å². The largest absolute Gasteiger partial charge is 0.481 e. The minimum absolute atomic E-state index is 0.0730. The Morgan fingerprint density at radius 2 is 1.54 bits per heavy atom. The van der Waals surface area contributed by atoms with E-state index in [1.165, 1.54) is 12.1 Å². The van der Waals surface area contributed by atoms with Gasteiger partial charge in [-0.05, 0) is 67.3 Å². The minimum atomic E-state index is -4.09. The molecule has 2 aromatic carbocycles. The Hall–Kier alpha value is -3.02. The van der Waals surface area contributed by atoms with Crippen LogP contribution in [0.15, 0.2) is 47.4 Å². The second-order valence-corrected chi connectivity index (χ2v) is 10.5. The normalized spacial score (nSPS) is 17.1. The smallest absolute Gasteiger partial charge is 0.305 e. The van der Waals surface area contributed by atoms with Crippen molar-refractivity contribution in [2.45, 2.75) is 62.0 Å². The van der Waals surface area contributed by atoms with Crippen molar-refractivity contribution in [3.8, 4) is 0 Å². The van der Waals surface area contributed by atoms with Crippen molar-refractivity contribution in [1.82, 2.24) is 10.6 Å². The Balaban J connectivity index is 0.000000211. The fourth-order valence-electron chi connectivity index (χ4n) is 3.82. The fraction of sp³-hybridized carbons (Fsp3) is 0.458. The van der Waals surface area contributed by atoms with E-state index in [2.05, 4.69) is 10.6 Å². The molecule has 2 aromatic rings. The molecule has 0 saturated heterocycles. The molecular weight excluding hydrogens is 474 g/mol. The van der Waals surface area contributed by atoms with E-state index >= 15 is 0 Å². The molecule has 2 saturated carbocycles. The Kier molecular flexibility index (Phi) is 8.47. The van der Waals surface area contributed by atoms with Gasteiger partial charge in [0.1, 0.15) is 6.04 Å². The molecule has 0 spiro atoms. The summed E-state index contributed by atoms with van der Waals surface area (Å²) in [6.07, 6.45) is 4.18. The van der Waals surface area contributed by atoms with Crippen LogP contribution in [0.2, 0.25) is 0 Å². The number of nitrogens with two attached hydrogens (primary N) is 1.